The van der Waals surface area contributed by atoms with Gasteiger partial charge in [0.1, 0.15) is 17.4 Å². The highest BCUT2D eigenvalue weighted by Gasteiger charge is 2.35. The van der Waals surface area contributed by atoms with E-state index in [-0.39, 0.29) is 18.0 Å². The number of aromatic nitrogens is 5. The van der Waals surface area contributed by atoms with E-state index in [9.17, 15) is 14.7 Å². The summed E-state index contributed by atoms with van der Waals surface area (Å²) in [6.45, 7) is 0.977. The lowest BCUT2D eigenvalue weighted by atomic mass is 9.91. The molecule has 1 amide bonds. The summed E-state index contributed by atoms with van der Waals surface area (Å²) in [4.78, 5) is 32.0. The zero-order valence-corrected chi connectivity index (χ0v) is 17.8. The highest BCUT2D eigenvalue weighted by molar-refractivity contribution is 5.92. The normalized spacial score (nSPS) is 15.9. The molecule has 4 aromatic rings. The van der Waals surface area contributed by atoms with Gasteiger partial charge in [-0.15, -0.1) is 0 Å². The number of carbonyl (C=O) groups excluding carboxylic acids is 1. The zero-order chi connectivity index (χ0) is 22.3. The van der Waals surface area contributed by atoms with Crippen LogP contribution < -0.4 is 5.56 Å². The molecule has 4 heterocycles. The van der Waals surface area contributed by atoms with Crippen LogP contribution in [0, 0.1) is 0 Å². The number of fused-ring (bicyclic) bond motifs is 1. The Morgan fingerprint density at radius 1 is 1.12 bits per heavy atom. The Morgan fingerprint density at radius 3 is 2.56 bits per heavy atom. The first kappa shape index (κ1) is 20.2. The van der Waals surface area contributed by atoms with Gasteiger partial charge in [0.05, 0.1) is 24.0 Å². The van der Waals surface area contributed by atoms with Crippen molar-refractivity contribution in [2.75, 3.05) is 13.1 Å². The van der Waals surface area contributed by atoms with Gasteiger partial charge >= 0.3 is 0 Å². The molecule has 1 aromatic carbocycles. The SMILES string of the molecule is Cn1cccc1C(=O)N1CCC(O)(Cn2cnc3c(cnn3-c3ccccc3)c2=O)CC1. The number of nitrogens with zero attached hydrogens (tertiary/aromatic N) is 6. The monoisotopic (exact) mass is 432 g/mol. The van der Waals surface area contributed by atoms with Gasteiger partial charge in [0, 0.05) is 26.3 Å². The van der Waals surface area contributed by atoms with E-state index in [4.69, 9.17) is 0 Å². The number of hydrogen-bond donors (Lipinski definition) is 1. The average Bonchev–Trinajstić information content (AvgIpc) is 3.43. The fourth-order valence-electron chi connectivity index (χ4n) is 4.27. The van der Waals surface area contributed by atoms with Crippen molar-refractivity contribution < 1.29 is 9.90 Å². The first-order valence-electron chi connectivity index (χ1n) is 10.6. The van der Waals surface area contributed by atoms with E-state index in [1.54, 1.807) is 20.2 Å². The number of piperidine rings is 1. The van der Waals surface area contributed by atoms with E-state index in [0.29, 0.717) is 42.7 Å². The molecule has 1 saturated heterocycles. The molecule has 9 nitrogen and oxygen atoms in total. The number of carbonyl (C=O) groups is 1. The Morgan fingerprint density at radius 2 is 1.88 bits per heavy atom. The van der Waals surface area contributed by atoms with Gasteiger partial charge in [-0.1, -0.05) is 18.2 Å². The van der Waals surface area contributed by atoms with Crippen molar-refractivity contribution in [1.29, 1.82) is 0 Å². The fraction of sp³-hybridized carbons (Fsp3) is 0.304. The Labute approximate surface area is 184 Å². The summed E-state index contributed by atoms with van der Waals surface area (Å²) >= 11 is 0. The Bertz CT molecular complexity index is 1330. The summed E-state index contributed by atoms with van der Waals surface area (Å²) in [5, 5.41) is 15.9. The second kappa shape index (κ2) is 7.76. The van der Waals surface area contributed by atoms with Crippen LogP contribution in [0.1, 0.15) is 23.3 Å². The van der Waals surface area contributed by atoms with E-state index in [1.165, 1.54) is 17.1 Å². The van der Waals surface area contributed by atoms with E-state index < -0.39 is 5.60 Å². The number of amides is 1. The van der Waals surface area contributed by atoms with E-state index in [1.807, 2.05) is 49.6 Å². The van der Waals surface area contributed by atoms with Gasteiger partial charge in [-0.3, -0.25) is 14.2 Å². The zero-order valence-electron chi connectivity index (χ0n) is 17.8. The van der Waals surface area contributed by atoms with Gasteiger partial charge in [0.25, 0.3) is 11.5 Å². The molecule has 1 fully saturated rings. The number of aryl methyl sites for hydroxylation is 1. The van der Waals surface area contributed by atoms with Gasteiger partial charge in [0.2, 0.25) is 0 Å². The maximum atomic E-state index is 13.0. The van der Waals surface area contributed by atoms with Crippen molar-refractivity contribution in [3.63, 3.8) is 0 Å². The molecule has 1 aliphatic heterocycles. The molecule has 0 aliphatic carbocycles. The van der Waals surface area contributed by atoms with Crippen LogP contribution >= 0.6 is 0 Å². The van der Waals surface area contributed by atoms with Crippen LogP contribution in [0.15, 0.2) is 66.0 Å². The second-order valence-corrected chi connectivity index (χ2v) is 8.33. The molecule has 0 unspecified atom stereocenters. The van der Waals surface area contributed by atoms with Crippen LogP contribution in [0.4, 0.5) is 0 Å². The van der Waals surface area contributed by atoms with Crippen LogP contribution in [0.5, 0.6) is 0 Å². The van der Waals surface area contributed by atoms with Gasteiger partial charge in [-0.05, 0) is 37.1 Å². The molecule has 0 saturated carbocycles. The minimum Gasteiger partial charge on any atom is -0.388 e. The summed E-state index contributed by atoms with van der Waals surface area (Å²) in [7, 11) is 1.84. The predicted octanol–water partition coefficient (Wildman–Crippen LogP) is 1.59. The fourth-order valence-corrected chi connectivity index (χ4v) is 4.27. The summed E-state index contributed by atoms with van der Waals surface area (Å²) in [5.41, 5.74) is 0.595. The van der Waals surface area contributed by atoms with Crippen LogP contribution in [0.2, 0.25) is 0 Å². The van der Waals surface area contributed by atoms with Gasteiger partial charge in [-0.2, -0.15) is 5.10 Å². The molecule has 32 heavy (non-hydrogen) atoms. The summed E-state index contributed by atoms with van der Waals surface area (Å²) in [5.74, 6) is -0.0480. The lowest BCUT2D eigenvalue weighted by molar-refractivity contribution is -0.0301. The third kappa shape index (κ3) is 3.50. The highest BCUT2D eigenvalue weighted by Crippen LogP contribution is 2.25. The van der Waals surface area contributed by atoms with Crippen molar-refractivity contribution >= 4 is 16.9 Å². The maximum Gasteiger partial charge on any atom is 0.270 e. The van der Waals surface area contributed by atoms with Crippen molar-refractivity contribution in [3.05, 3.63) is 77.2 Å². The predicted molar refractivity (Wildman–Crippen MR) is 119 cm³/mol. The van der Waals surface area contributed by atoms with Gasteiger partial charge in [0.15, 0.2) is 5.65 Å². The van der Waals surface area contributed by atoms with E-state index >= 15 is 0 Å². The lowest BCUT2D eigenvalue weighted by Gasteiger charge is -2.38. The number of benzene rings is 1. The minimum atomic E-state index is -1.08. The molecule has 1 N–H and O–H groups in total. The molecule has 1 aliphatic rings. The van der Waals surface area contributed by atoms with Crippen molar-refractivity contribution in [2.45, 2.75) is 25.0 Å². The Hall–Kier alpha value is -3.72. The first-order chi connectivity index (χ1) is 15.5. The number of likely N-dealkylation sites (tertiary alicyclic amines) is 1. The summed E-state index contributed by atoms with van der Waals surface area (Å²) in [6, 6.07) is 13.1. The molecule has 0 atom stereocenters. The molecule has 0 spiro atoms. The van der Waals surface area contributed by atoms with Crippen molar-refractivity contribution in [3.8, 4) is 5.69 Å². The highest BCUT2D eigenvalue weighted by atomic mass is 16.3. The number of aliphatic hydroxyl groups is 1. The summed E-state index contributed by atoms with van der Waals surface area (Å²) < 4.78 is 4.86. The topological polar surface area (TPSA) is 98.2 Å². The van der Waals surface area contributed by atoms with E-state index in [0.717, 1.165) is 5.69 Å². The molecule has 164 valence electrons. The quantitative estimate of drug-likeness (QED) is 0.528. The number of rotatable bonds is 4. The maximum absolute atomic E-state index is 13.0. The third-order valence-electron chi connectivity index (χ3n) is 6.16. The molecular weight excluding hydrogens is 408 g/mol. The van der Waals surface area contributed by atoms with Crippen molar-refractivity contribution in [2.24, 2.45) is 7.05 Å². The van der Waals surface area contributed by atoms with Gasteiger partial charge in [-0.25, -0.2) is 9.67 Å². The minimum absolute atomic E-state index is 0.0480. The molecule has 0 bridgehead atoms. The molecular formula is C23H24N6O3. The smallest absolute Gasteiger partial charge is 0.270 e. The molecule has 9 heteroatoms. The summed E-state index contributed by atoms with van der Waals surface area (Å²) in [6.07, 6.45) is 5.58. The van der Waals surface area contributed by atoms with Crippen molar-refractivity contribution in [1.82, 2.24) is 28.8 Å². The third-order valence-corrected chi connectivity index (χ3v) is 6.16. The van der Waals surface area contributed by atoms with Crippen LogP contribution in [-0.2, 0) is 13.6 Å². The lowest BCUT2D eigenvalue weighted by Crippen LogP contribution is -2.49. The van der Waals surface area contributed by atoms with Crippen LogP contribution in [-0.4, -0.2) is 58.5 Å². The largest absolute Gasteiger partial charge is 0.388 e. The van der Waals surface area contributed by atoms with Crippen LogP contribution in [0.25, 0.3) is 16.7 Å². The number of para-hydroxylation sites is 1. The standard InChI is InChI=1S/C23H24N6O3/c1-26-11-5-8-19(26)22(31)27-12-9-23(32,10-13-27)15-28-16-24-20-18(21(28)30)14-25-29(20)17-6-3-2-4-7-17/h2-8,11,14,16,32H,9-10,12-13,15H2,1H3. The Kier molecular flexibility index (Phi) is 4.90. The molecule has 3 aromatic heterocycles. The molecule has 5 rings (SSSR count). The molecule has 0 radical (unpaired) electrons. The Balaban J connectivity index is 1.34. The van der Waals surface area contributed by atoms with Crippen LogP contribution in [0.3, 0.4) is 0 Å². The average molecular weight is 432 g/mol. The second-order valence-electron chi connectivity index (χ2n) is 8.33. The van der Waals surface area contributed by atoms with E-state index in [2.05, 4.69) is 10.1 Å². The first-order valence-corrected chi connectivity index (χ1v) is 10.6. The number of hydrogen-bond acceptors (Lipinski definition) is 5. The van der Waals surface area contributed by atoms with Gasteiger partial charge < -0.3 is 14.6 Å².